The van der Waals surface area contributed by atoms with Crippen LogP contribution in [0, 0.1) is 12.8 Å². The number of guanidine groups is 1. The average Bonchev–Trinajstić information content (AvgIpc) is 3.10. The normalized spacial score (nSPS) is 19.6. The Morgan fingerprint density at radius 2 is 1.97 bits per heavy atom. The van der Waals surface area contributed by atoms with E-state index in [1.807, 2.05) is 6.92 Å². The van der Waals surface area contributed by atoms with Gasteiger partial charge >= 0.3 is 6.18 Å². The van der Waals surface area contributed by atoms with Crippen molar-refractivity contribution >= 4 is 29.9 Å². The number of ether oxygens (including phenoxy) is 1. The number of aromatic nitrogens is 2. The maximum absolute atomic E-state index is 13.1. The van der Waals surface area contributed by atoms with Crippen LogP contribution < -0.4 is 10.6 Å². The highest BCUT2D eigenvalue weighted by atomic mass is 127. The number of benzene rings is 1. The zero-order valence-electron chi connectivity index (χ0n) is 17.9. The van der Waals surface area contributed by atoms with E-state index in [-0.39, 0.29) is 48.1 Å². The van der Waals surface area contributed by atoms with Gasteiger partial charge < -0.3 is 15.4 Å². The van der Waals surface area contributed by atoms with Crippen LogP contribution >= 0.6 is 24.0 Å². The van der Waals surface area contributed by atoms with Crippen LogP contribution in [0.2, 0.25) is 0 Å². The molecule has 1 aromatic heterocycles. The van der Waals surface area contributed by atoms with E-state index in [1.165, 1.54) is 23.5 Å². The lowest BCUT2D eigenvalue weighted by atomic mass is 9.89. The molecule has 0 bridgehead atoms. The first-order valence-corrected chi connectivity index (χ1v) is 10.0. The summed E-state index contributed by atoms with van der Waals surface area (Å²) in [5, 5.41) is 9.72. The van der Waals surface area contributed by atoms with Crippen LogP contribution in [0.5, 0.6) is 0 Å². The van der Waals surface area contributed by atoms with Crippen molar-refractivity contribution in [1.82, 2.24) is 20.4 Å². The van der Waals surface area contributed by atoms with Crippen molar-refractivity contribution in [3.63, 3.8) is 0 Å². The van der Waals surface area contributed by atoms with E-state index in [4.69, 9.17) is 4.74 Å². The molecule has 1 fully saturated rings. The van der Waals surface area contributed by atoms with Crippen molar-refractivity contribution in [2.24, 2.45) is 18.0 Å². The molecule has 2 unspecified atom stereocenters. The van der Waals surface area contributed by atoms with Gasteiger partial charge in [-0.25, -0.2) is 0 Å². The molecule has 1 aliphatic rings. The Hall–Kier alpha value is -1.82. The lowest BCUT2D eigenvalue weighted by Crippen LogP contribution is -2.41. The number of nitrogens with one attached hydrogen (secondary N) is 2. The van der Waals surface area contributed by atoms with Crippen molar-refractivity contribution in [1.29, 1.82) is 0 Å². The number of aliphatic imine (C=N–C) groups is 1. The van der Waals surface area contributed by atoms with E-state index in [9.17, 15) is 13.2 Å². The molecule has 1 aromatic carbocycles. The Labute approximate surface area is 197 Å². The number of alkyl halides is 3. The van der Waals surface area contributed by atoms with E-state index < -0.39 is 11.9 Å². The van der Waals surface area contributed by atoms with Crippen LogP contribution in [0.4, 0.5) is 13.2 Å². The van der Waals surface area contributed by atoms with Gasteiger partial charge in [0.1, 0.15) is 0 Å². The molecular formula is C21H29F3IN5O. The van der Waals surface area contributed by atoms with Gasteiger partial charge in [0.25, 0.3) is 0 Å². The van der Waals surface area contributed by atoms with E-state index in [2.05, 4.69) is 45.0 Å². The Bertz CT molecular complexity index is 867. The number of aryl methyl sites for hydroxylation is 2. The minimum absolute atomic E-state index is 0. The molecule has 3 rings (SSSR count). The zero-order chi connectivity index (χ0) is 21.7. The highest BCUT2D eigenvalue weighted by molar-refractivity contribution is 14.0. The van der Waals surface area contributed by atoms with Crippen LogP contribution in [-0.2, 0) is 24.5 Å². The summed E-state index contributed by atoms with van der Waals surface area (Å²) >= 11 is 0. The fourth-order valence-corrected chi connectivity index (χ4v) is 3.71. The second-order valence-electron chi connectivity index (χ2n) is 7.59. The monoisotopic (exact) mass is 551 g/mol. The standard InChI is InChI=1S/C21H28F3N5O.HI/c1-14-6-8-15(9-7-14)18-16(5-4-10-30-18)11-26-20(25-2)27-12-17-13-29(3)28-19(17)21(22,23)24;/h6-9,13,16,18H,4-5,10-12H2,1-3H3,(H2,25,26,27);1H. The summed E-state index contributed by atoms with van der Waals surface area (Å²) in [5.41, 5.74) is 1.53. The molecular weight excluding hydrogens is 522 g/mol. The second-order valence-corrected chi connectivity index (χ2v) is 7.59. The maximum atomic E-state index is 13.1. The van der Waals surface area contributed by atoms with Crippen LogP contribution in [-0.4, -0.2) is 35.9 Å². The molecule has 31 heavy (non-hydrogen) atoms. The van der Waals surface area contributed by atoms with Gasteiger partial charge in [-0.3, -0.25) is 9.67 Å². The molecule has 1 saturated heterocycles. The Balaban J connectivity index is 0.00000341. The van der Waals surface area contributed by atoms with Crippen molar-refractivity contribution in [3.8, 4) is 0 Å². The number of hydrogen-bond acceptors (Lipinski definition) is 3. The van der Waals surface area contributed by atoms with Crippen molar-refractivity contribution in [2.75, 3.05) is 20.2 Å². The smallest absolute Gasteiger partial charge is 0.373 e. The molecule has 0 aliphatic carbocycles. The second kappa shape index (κ2) is 11.2. The van der Waals surface area contributed by atoms with E-state index in [1.54, 1.807) is 7.05 Å². The topological polar surface area (TPSA) is 63.5 Å². The minimum Gasteiger partial charge on any atom is -0.373 e. The summed E-state index contributed by atoms with van der Waals surface area (Å²) in [6.45, 7) is 3.36. The molecule has 2 atom stereocenters. The van der Waals surface area contributed by atoms with Gasteiger partial charge in [-0.05, 0) is 25.3 Å². The SMILES string of the molecule is CN=C(NCc1cn(C)nc1C(F)(F)F)NCC1CCCOC1c1ccc(C)cc1.I. The summed E-state index contributed by atoms with van der Waals surface area (Å²) in [6, 6.07) is 8.33. The van der Waals surface area contributed by atoms with E-state index in [0.717, 1.165) is 25.0 Å². The van der Waals surface area contributed by atoms with E-state index >= 15 is 0 Å². The lowest BCUT2D eigenvalue weighted by Gasteiger charge is -2.32. The lowest BCUT2D eigenvalue weighted by molar-refractivity contribution is -0.142. The fraction of sp³-hybridized carbons (Fsp3) is 0.524. The predicted octanol–water partition coefficient (Wildman–Crippen LogP) is 4.20. The summed E-state index contributed by atoms with van der Waals surface area (Å²) in [5.74, 6) is 0.685. The van der Waals surface area contributed by atoms with Crippen molar-refractivity contribution in [2.45, 2.75) is 38.6 Å². The average molecular weight is 551 g/mol. The van der Waals surface area contributed by atoms with Crippen molar-refractivity contribution in [3.05, 3.63) is 52.8 Å². The van der Waals surface area contributed by atoms with Crippen molar-refractivity contribution < 1.29 is 17.9 Å². The predicted molar refractivity (Wildman–Crippen MR) is 124 cm³/mol. The summed E-state index contributed by atoms with van der Waals surface area (Å²) in [6.07, 6.45) is -1.16. The fourth-order valence-electron chi connectivity index (χ4n) is 3.71. The molecule has 0 amide bonds. The largest absolute Gasteiger partial charge is 0.435 e. The third kappa shape index (κ3) is 6.83. The minimum atomic E-state index is -4.49. The number of rotatable bonds is 5. The quantitative estimate of drug-likeness (QED) is 0.333. The van der Waals surface area contributed by atoms with Gasteiger partial charge in [0.05, 0.1) is 6.10 Å². The first-order valence-electron chi connectivity index (χ1n) is 10.0. The molecule has 1 aliphatic heterocycles. The van der Waals surface area contributed by atoms with Gasteiger partial charge in [-0.15, -0.1) is 24.0 Å². The van der Waals surface area contributed by atoms with Gasteiger partial charge in [0.2, 0.25) is 0 Å². The highest BCUT2D eigenvalue weighted by Gasteiger charge is 2.36. The summed E-state index contributed by atoms with van der Waals surface area (Å²) < 4.78 is 46.6. The van der Waals surface area contributed by atoms with Gasteiger partial charge in [-0.2, -0.15) is 18.3 Å². The zero-order valence-corrected chi connectivity index (χ0v) is 20.2. The maximum Gasteiger partial charge on any atom is 0.435 e. The molecule has 2 N–H and O–H groups in total. The highest BCUT2D eigenvalue weighted by Crippen LogP contribution is 2.33. The molecule has 6 nitrogen and oxygen atoms in total. The van der Waals surface area contributed by atoms with Gasteiger partial charge in [0, 0.05) is 51.5 Å². The van der Waals surface area contributed by atoms with Crippen LogP contribution in [0.25, 0.3) is 0 Å². The first-order chi connectivity index (χ1) is 14.3. The van der Waals surface area contributed by atoms with Crippen LogP contribution in [0.15, 0.2) is 35.5 Å². The van der Waals surface area contributed by atoms with E-state index in [0.29, 0.717) is 12.5 Å². The molecule has 172 valence electrons. The molecule has 10 heteroatoms. The molecule has 0 radical (unpaired) electrons. The number of halogens is 4. The summed E-state index contributed by atoms with van der Waals surface area (Å²) in [7, 11) is 3.07. The Morgan fingerprint density at radius 3 is 2.61 bits per heavy atom. The molecule has 2 aromatic rings. The van der Waals surface area contributed by atoms with Crippen LogP contribution in [0.1, 0.15) is 41.3 Å². The van der Waals surface area contributed by atoms with Gasteiger partial charge in [-0.1, -0.05) is 29.8 Å². The third-order valence-electron chi connectivity index (χ3n) is 5.23. The molecule has 0 spiro atoms. The molecule has 0 saturated carbocycles. The molecule has 2 heterocycles. The van der Waals surface area contributed by atoms with Gasteiger partial charge in [0.15, 0.2) is 11.7 Å². The number of nitrogens with zero attached hydrogens (tertiary/aromatic N) is 3. The van der Waals surface area contributed by atoms with Crippen LogP contribution in [0.3, 0.4) is 0 Å². The third-order valence-corrected chi connectivity index (χ3v) is 5.23. The Kier molecular flexibility index (Phi) is 9.16. The first kappa shape index (κ1) is 25.4. The Morgan fingerprint density at radius 1 is 1.26 bits per heavy atom. The summed E-state index contributed by atoms with van der Waals surface area (Å²) in [4.78, 5) is 4.14. The number of hydrogen-bond donors (Lipinski definition) is 2.